The number of rotatable bonds is 8. The Morgan fingerprint density at radius 2 is 1.80 bits per heavy atom. The number of benzene rings is 1. The second-order valence-corrected chi connectivity index (χ2v) is 10.8. The van der Waals surface area contributed by atoms with Crippen LogP contribution >= 0.6 is 23.1 Å². The molecule has 1 saturated heterocycles. The molecule has 182 valence electrons. The lowest BCUT2D eigenvalue weighted by Gasteiger charge is -2.34. The van der Waals surface area contributed by atoms with E-state index in [4.69, 9.17) is 14.7 Å². The molecule has 0 radical (unpaired) electrons. The Balaban J connectivity index is 1.20. The Bertz CT molecular complexity index is 1250. The molecule has 1 atom stereocenters. The van der Waals surface area contributed by atoms with Gasteiger partial charge in [0, 0.05) is 35.9 Å². The van der Waals surface area contributed by atoms with Crippen molar-refractivity contribution in [3.05, 3.63) is 54.4 Å². The lowest BCUT2D eigenvalue weighted by atomic mass is 9.92. The van der Waals surface area contributed by atoms with Gasteiger partial charge in [-0.25, -0.2) is 19.9 Å². The zero-order valence-electron chi connectivity index (χ0n) is 20.5. The molecule has 3 aromatic heterocycles. The van der Waals surface area contributed by atoms with Crippen molar-refractivity contribution in [2.75, 3.05) is 24.2 Å². The van der Waals surface area contributed by atoms with E-state index in [0.29, 0.717) is 11.1 Å². The van der Waals surface area contributed by atoms with Gasteiger partial charge in [-0.2, -0.15) is 0 Å². The third kappa shape index (κ3) is 5.59. The van der Waals surface area contributed by atoms with Crippen LogP contribution in [0.5, 0.6) is 5.19 Å². The first-order valence-corrected chi connectivity index (χ1v) is 14.3. The van der Waals surface area contributed by atoms with Gasteiger partial charge in [0.05, 0.1) is 5.69 Å². The number of anilines is 1. The van der Waals surface area contributed by atoms with E-state index in [2.05, 4.69) is 59.2 Å². The van der Waals surface area contributed by atoms with Gasteiger partial charge in [-0.3, -0.25) is 0 Å². The number of aryl methyl sites for hydroxylation is 1. The summed E-state index contributed by atoms with van der Waals surface area (Å²) in [5.41, 5.74) is 4.18. The fourth-order valence-electron chi connectivity index (χ4n) is 4.52. The summed E-state index contributed by atoms with van der Waals surface area (Å²) in [4.78, 5) is 23.2. The largest absolute Gasteiger partial charge is 0.467 e. The van der Waals surface area contributed by atoms with Crippen molar-refractivity contribution >= 4 is 39.4 Å². The van der Waals surface area contributed by atoms with E-state index < -0.39 is 0 Å². The molecule has 0 aliphatic carbocycles. The zero-order valence-corrected chi connectivity index (χ0v) is 22.1. The Hall–Kier alpha value is -2.71. The SMILES string of the molecule is CCCc1cnc(N2CCC(C(C)Oc3nc4ccc(-c5ccc(SC)cc5)nc4s3)CC2)nc1. The molecule has 1 fully saturated rings. The molecule has 4 aromatic rings. The molecule has 8 heteroatoms. The summed E-state index contributed by atoms with van der Waals surface area (Å²) in [5, 5.41) is 0.701. The number of thioether (sulfide) groups is 1. The molecule has 5 rings (SSSR count). The van der Waals surface area contributed by atoms with Gasteiger partial charge < -0.3 is 9.64 Å². The molecule has 4 heterocycles. The van der Waals surface area contributed by atoms with Crippen LogP contribution in [0.3, 0.4) is 0 Å². The minimum Gasteiger partial charge on any atom is -0.467 e. The zero-order chi connectivity index (χ0) is 24.2. The van der Waals surface area contributed by atoms with Crippen LogP contribution in [0.25, 0.3) is 21.6 Å². The van der Waals surface area contributed by atoms with Crippen LogP contribution in [-0.4, -0.2) is 45.4 Å². The molecule has 0 N–H and O–H groups in total. The van der Waals surface area contributed by atoms with Crippen LogP contribution in [0.15, 0.2) is 53.7 Å². The predicted molar refractivity (Wildman–Crippen MR) is 146 cm³/mol. The van der Waals surface area contributed by atoms with Gasteiger partial charge in [0.1, 0.15) is 16.5 Å². The van der Waals surface area contributed by atoms with Gasteiger partial charge in [0.25, 0.3) is 5.19 Å². The highest BCUT2D eigenvalue weighted by atomic mass is 32.2. The number of pyridine rings is 1. The molecule has 0 bridgehead atoms. The third-order valence-electron chi connectivity index (χ3n) is 6.63. The van der Waals surface area contributed by atoms with Crippen molar-refractivity contribution < 1.29 is 4.74 Å². The average Bonchev–Trinajstić information content (AvgIpc) is 3.31. The van der Waals surface area contributed by atoms with Crippen molar-refractivity contribution in [1.29, 1.82) is 0 Å². The molecule has 1 aliphatic heterocycles. The first-order chi connectivity index (χ1) is 17.1. The van der Waals surface area contributed by atoms with Gasteiger partial charge in [-0.1, -0.05) is 36.8 Å². The predicted octanol–water partition coefficient (Wildman–Crippen LogP) is 6.51. The van der Waals surface area contributed by atoms with Crippen molar-refractivity contribution in [3.8, 4) is 16.5 Å². The van der Waals surface area contributed by atoms with Gasteiger partial charge in [0.2, 0.25) is 5.95 Å². The Kier molecular flexibility index (Phi) is 7.48. The normalized spacial score (nSPS) is 15.5. The molecule has 0 saturated carbocycles. The maximum atomic E-state index is 6.31. The number of hydrogen-bond acceptors (Lipinski definition) is 8. The standard InChI is InChI=1S/C27H31N5OS2/c1-4-5-19-16-28-26(29-17-19)32-14-12-20(13-15-32)18(2)33-27-31-24-11-10-23(30-25(24)35-27)21-6-8-22(34-3)9-7-21/h6-11,16-18,20H,4-5,12-15H2,1-3H3. The van der Waals surface area contributed by atoms with Crippen molar-refractivity contribution in [2.24, 2.45) is 5.92 Å². The second-order valence-electron chi connectivity index (χ2n) is 9.02. The highest BCUT2D eigenvalue weighted by molar-refractivity contribution is 7.98. The third-order valence-corrected chi connectivity index (χ3v) is 8.22. The summed E-state index contributed by atoms with van der Waals surface area (Å²) in [6.45, 7) is 6.24. The molecule has 6 nitrogen and oxygen atoms in total. The minimum atomic E-state index is 0.101. The molecular weight excluding hydrogens is 474 g/mol. The summed E-state index contributed by atoms with van der Waals surface area (Å²) in [5.74, 6) is 1.32. The summed E-state index contributed by atoms with van der Waals surface area (Å²) in [6, 6.07) is 12.6. The fourth-order valence-corrected chi connectivity index (χ4v) is 5.80. The maximum absolute atomic E-state index is 6.31. The summed E-state index contributed by atoms with van der Waals surface area (Å²) in [7, 11) is 0. The first-order valence-electron chi connectivity index (χ1n) is 12.3. The lowest BCUT2D eigenvalue weighted by Crippen LogP contribution is -2.39. The van der Waals surface area contributed by atoms with E-state index in [9.17, 15) is 0 Å². The van der Waals surface area contributed by atoms with E-state index in [1.165, 1.54) is 21.8 Å². The van der Waals surface area contributed by atoms with E-state index >= 15 is 0 Å². The van der Waals surface area contributed by atoms with E-state index in [-0.39, 0.29) is 6.10 Å². The lowest BCUT2D eigenvalue weighted by molar-refractivity contribution is 0.132. The van der Waals surface area contributed by atoms with Crippen LogP contribution < -0.4 is 9.64 Å². The van der Waals surface area contributed by atoms with Crippen LogP contribution in [0.4, 0.5) is 5.95 Å². The first kappa shape index (κ1) is 24.0. The van der Waals surface area contributed by atoms with E-state index in [1.807, 2.05) is 24.5 Å². The molecule has 1 unspecified atom stereocenters. The Morgan fingerprint density at radius 1 is 1.06 bits per heavy atom. The van der Waals surface area contributed by atoms with Crippen LogP contribution in [0, 0.1) is 5.92 Å². The van der Waals surface area contributed by atoms with Crippen molar-refractivity contribution in [3.63, 3.8) is 0 Å². The smallest absolute Gasteiger partial charge is 0.276 e. The van der Waals surface area contributed by atoms with E-state index in [1.54, 1.807) is 11.8 Å². The number of thiazole rings is 1. The Labute approximate surface area is 215 Å². The summed E-state index contributed by atoms with van der Waals surface area (Å²) < 4.78 is 6.31. The molecule has 1 aliphatic rings. The number of hydrogen-bond donors (Lipinski definition) is 0. The van der Waals surface area contributed by atoms with Gasteiger partial charge >= 0.3 is 0 Å². The van der Waals surface area contributed by atoms with Crippen LogP contribution in [0.2, 0.25) is 0 Å². The monoisotopic (exact) mass is 505 g/mol. The van der Waals surface area contributed by atoms with Gasteiger partial charge in [0.15, 0.2) is 0 Å². The number of ether oxygens (including phenoxy) is 1. The van der Waals surface area contributed by atoms with E-state index in [0.717, 1.165) is 66.3 Å². The molecular formula is C27H31N5OS2. The van der Waals surface area contributed by atoms with Crippen molar-refractivity contribution in [1.82, 2.24) is 19.9 Å². The summed E-state index contributed by atoms with van der Waals surface area (Å²) in [6.07, 6.45) is 10.4. The van der Waals surface area contributed by atoms with Gasteiger partial charge in [-0.15, -0.1) is 11.8 Å². The summed E-state index contributed by atoms with van der Waals surface area (Å²) >= 11 is 3.27. The topological polar surface area (TPSA) is 64.0 Å². The van der Waals surface area contributed by atoms with Crippen molar-refractivity contribution in [2.45, 2.75) is 50.5 Å². The number of nitrogens with zero attached hydrogens (tertiary/aromatic N) is 5. The molecule has 0 amide bonds. The van der Waals surface area contributed by atoms with Crippen LogP contribution in [0.1, 0.15) is 38.7 Å². The maximum Gasteiger partial charge on any atom is 0.276 e. The quantitative estimate of drug-likeness (QED) is 0.253. The van der Waals surface area contributed by atoms with Gasteiger partial charge in [-0.05, 0) is 68.2 Å². The molecule has 0 spiro atoms. The fraction of sp³-hybridized carbons (Fsp3) is 0.407. The Morgan fingerprint density at radius 3 is 2.49 bits per heavy atom. The number of aromatic nitrogens is 4. The number of piperidine rings is 1. The second kappa shape index (κ2) is 10.9. The minimum absolute atomic E-state index is 0.101. The highest BCUT2D eigenvalue weighted by Gasteiger charge is 2.27. The highest BCUT2D eigenvalue weighted by Crippen LogP contribution is 2.32. The van der Waals surface area contributed by atoms with Crippen LogP contribution in [-0.2, 0) is 6.42 Å². The molecule has 35 heavy (non-hydrogen) atoms. The molecule has 1 aromatic carbocycles. The number of fused-ring (bicyclic) bond motifs is 1. The average molecular weight is 506 g/mol.